The lowest BCUT2D eigenvalue weighted by Gasteiger charge is -2.05. The summed E-state index contributed by atoms with van der Waals surface area (Å²) < 4.78 is 14.0. The lowest BCUT2D eigenvalue weighted by molar-refractivity contribution is 0.103. The Kier molecular flexibility index (Phi) is 3.17. The van der Waals surface area contributed by atoms with E-state index in [-0.39, 0.29) is 11.3 Å². The number of halogens is 1. The number of nitriles is 1. The normalized spacial score (nSPS) is 10.3. The van der Waals surface area contributed by atoms with Gasteiger partial charge in [-0.15, -0.1) is 0 Å². The first-order valence-electron chi connectivity index (χ1n) is 6.29. The van der Waals surface area contributed by atoms with Crippen LogP contribution in [0.4, 0.5) is 4.39 Å². The topological polar surface area (TPSA) is 53.8 Å². The Balaban J connectivity index is 2.11. The van der Waals surface area contributed by atoms with E-state index in [1.165, 1.54) is 12.3 Å². The van der Waals surface area contributed by atoms with Crippen LogP contribution in [0.2, 0.25) is 0 Å². The first-order chi connectivity index (χ1) is 10.2. The van der Waals surface area contributed by atoms with Gasteiger partial charge in [0, 0.05) is 11.8 Å². The van der Waals surface area contributed by atoms with Crippen molar-refractivity contribution in [2.45, 2.75) is 0 Å². The van der Waals surface area contributed by atoms with Crippen LogP contribution in [-0.4, -0.2) is 10.8 Å². The molecule has 2 aromatic carbocycles. The summed E-state index contributed by atoms with van der Waals surface area (Å²) in [5, 5.41) is 10.7. The molecule has 0 fully saturated rings. The SMILES string of the molecule is N#Cc1nccc(C(=O)c2ccc3ccccc3c2)c1F. The van der Waals surface area contributed by atoms with Gasteiger partial charge in [0.2, 0.25) is 0 Å². The zero-order valence-electron chi connectivity index (χ0n) is 10.9. The van der Waals surface area contributed by atoms with Crippen molar-refractivity contribution in [2.75, 3.05) is 0 Å². The van der Waals surface area contributed by atoms with Gasteiger partial charge in [-0.05, 0) is 22.9 Å². The number of carbonyl (C=O) groups is 1. The molecule has 3 nitrogen and oxygen atoms in total. The van der Waals surface area contributed by atoms with Crippen LogP contribution < -0.4 is 0 Å². The second kappa shape index (κ2) is 5.14. The van der Waals surface area contributed by atoms with Crippen molar-refractivity contribution in [1.29, 1.82) is 5.26 Å². The Morgan fingerprint density at radius 3 is 2.62 bits per heavy atom. The van der Waals surface area contributed by atoms with Crippen LogP contribution in [0.1, 0.15) is 21.6 Å². The van der Waals surface area contributed by atoms with Crippen LogP contribution in [0, 0.1) is 17.1 Å². The highest BCUT2D eigenvalue weighted by Gasteiger charge is 2.17. The van der Waals surface area contributed by atoms with Crippen molar-refractivity contribution >= 4 is 16.6 Å². The number of hydrogen-bond donors (Lipinski definition) is 0. The van der Waals surface area contributed by atoms with Gasteiger partial charge in [0.1, 0.15) is 6.07 Å². The molecule has 0 radical (unpaired) electrons. The largest absolute Gasteiger partial charge is 0.288 e. The molecule has 0 spiro atoms. The second-order valence-corrected chi connectivity index (χ2v) is 4.52. The van der Waals surface area contributed by atoms with E-state index in [0.717, 1.165) is 10.8 Å². The highest BCUT2D eigenvalue weighted by atomic mass is 19.1. The van der Waals surface area contributed by atoms with E-state index < -0.39 is 11.6 Å². The molecule has 1 heterocycles. The van der Waals surface area contributed by atoms with Crippen LogP contribution in [0.3, 0.4) is 0 Å². The van der Waals surface area contributed by atoms with Crippen LogP contribution >= 0.6 is 0 Å². The Morgan fingerprint density at radius 1 is 1.10 bits per heavy atom. The summed E-state index contributed by atoms with van der Waals surface area (Å²) in [6.07, 6.45) is 1.26. The van der Waals surface area contributed by atoms with E-state index in [4.69, 9.17) is 5.26 Å². The standard InChI is InChI=1S/C17H9FN2O/c18-16-14(7-8-20-15(16)10-19)17(21)13-6-5-11-3-1-2-4-12(11)9-13/h1-9H. The summed E-state index contributed by atoms with van der Waals surface area (Å²) in [4.78, 5) is 16.0. The van der Waals surface area contributed by atoms with Gasteiger partial charge in [-0.1, -0.05) is 36.4 Å². The summed E-state index contributed by atoms with van der Waals surface area (Å²) >= 11 is 0. The molecule has 0 aliphatic carbocycles. The van der Waals surface area contributed by atoms with Crippen LogP contribution in [0.5, 0.6) is 0 Å². The van der Waals surface area contributed by atoms with Gasteiger partial charge in [-0.25, -0.2) is 9.37 Å². The third-order valence-corrected chi connectivity index (χ3v) is 3.25. The maximum Gasteiger partial charge on any atom is 0.196 e. The third kappa shape index (κ3) is 2.26. The average Bonchev–Trinajstić information content (AvgIpc) is 2.54. The Labute approximate surface area is 120 Å². The zero-order valence-corrected chi connectivity index (χ0v) is 10.9. The number of pyridine rings is 1. The summed E-state index contributed by atoms with van der Waals surface area (Å²) in [5.41, 5.74) is -0.138. The highest BCUT2D eigenvalue weighted by molar-refractivity contribution is 6.10. The predicted molar refractivity (Wildman–Crippen MR) is 76.3 cm³/mol. The van der Waals surface area contributed by atoms with Crippen LogP contribution in [0.15, 0.2) is 54.7 Å². The maximum atomic E-state index is 14.0. The molecule has 0 saturated heterocycles. The van der Waals surface area contributed by atoms with Gasteiger partial charge in [0.25, 0.3) is 0 Å². The van der Waals surface area contributed by atoms with E-state index in [1.807, 2.05) is 30.3 Å². The van der Waals surface area contributed by atoms with E-state index >= 15 is 0 Å². The molecule has 0 N–H and O–H groups in total. The first-order valence-corrected chi connectivity index (χ1v) is 6.29. The molecule has 100 valence electrons. The minimum Gasteiger partial charge on any atom is -0.288 e. The average molecular weight is 276 g/mol. The lowest BCUT2D eigenvalue weighted by Crippen LogP contribution is -2.06. The number of hydrogen-bond acceptors (Lipinski definition) is 3. The zero-order chi connectivity index (χ0) is 14.8. The third-order valence-electron chi connectivity index (χ3n) is 3.25. The van der Waals surface area contributed by atoms with Gasteiger partial charge in [-0.3, -0.25) is 4.79 Å². The van der Waals surface area contributed by atoms with Crippen LogP contribution in [-0.2, 0) is 0 Å². The molecular formula is C17H9FN2O. The summed E-state index contributed by atoms with van der Waals surface area (Å²) in [6, 6.07) is 15.7. The van der Waals surface area contributed by atoms with Gasteiger partial charge in [0.05, 0.1) is 5.56 Å². The molecule has 0 aliphatic heterocycles. The van der Waals surface area contributed by atoms with E-state index in [1.54, 1.807) is 18.2 Å². The number of fused-ring (bicyclic) bond motifs is 1. The van der Waals surface area contributed by atoms with E-state index in [9.17, 15) is 9.18 Å². The van der Waals surface area contributed by atoms with Gasteiger partial charge >= 0.3 is 0 Å². The molecule has 3 rings (SSSR count). The predicted octanol–water partition coefficient (Wildman–Crippen LogP) is 3.48. The Bertz CT molecular complexity index is 897. The fourth-order valence-electron chi connectivity index (χ4n) is 2.18. The van der Waals surface area contributed by atoms with Gasteiger partial charge in [-0.2, -0.15) is 5.26 Å². The number of ketones is 1. The van der Waals surface area contributed by atoms with Crippen molar-refractivity contribution in [3.05, 3.63) is 77.4 Å². The van der Waals surface area contributed by atoms with Crippen LogP contribution in [0.25, 0.3) is 10.8 Å². The van der Waals surface area contributed by atoms with Crippen molar-refractivity contribution in [2.24, 2.45) is 0 Å². The van der Waals surface area contributed by atoms with Gasteiger partial charge < -0.3 is 0 Å². The molecule has 4 heteroatoms. The molecular weight excluding hydrogens is 267 g/mol. The Hall–Kier alpha value is -3.06. The number of benzene rings is 2. The van der Waals surface area contributed by atoms with Gasteiger partial charge in [0.15, 0.2) is 17.3 Å². The van der Waals surface area contributed by atoms with Crippen molar-refractivity contribution in [1.82, 2.24) is 4.98 Å². The lowest BCUT2D eigenvalue weighted by atomic mass is 10.00. The molecule has 0 atom stereocenters. The summed E-state index contributed by atoms with van der Waals surface area (Å²) in [7, 11) is 0. The second-order valence-electron chi connectivity index (χ2n) is 4.52. The van der Waals surface area contributed by atoms with Crippen molar-refractivity contribution in [3.63, 3.8) is 0 Å². The first kappa shape index (κ1) is 12.9. The minimum atomic E-state index is -0.877. The maximum absolute atomic E-state index is 14.0. The molecule has 3 aromatic rings. The summed E-state index contributed by atoms with van der Waals surface area (Å²) in [5.74, 6) is -1.34. The molecule has 0 aliphatic rings. The van der Waals surface area contributed by atoms with Crippen molar-refractivity contribution < 1.29 is 9.18 Å². The number of aromatic nitrogens is 1. The molecule has 0 bridgehead atoms. The number of carbonyl (C=O) groups excluding carboxylic acids is 1. The van der Waals surface area contributed by atoms with E-state index in [0.29, 0.717) is 5.56 Å². The number of rotatable bonds is 2. The molecule has 0 unspecified atom stereocenters. The van der Waals surface area contributed by atoms with Crippen molar-refractivity contribution in [3.8, 4) is 6.07 Å². The van der Waals surface area contributed by atoms with E-state index in [2.05, 4.69) is 4.98 Å². The summed E-state index contributed by atoms with van der Waals surface area (Å²) in [6.45, 7) is 0. The fourth-order valence-corrected chi connectivity index (χ4v) is 2.18. The number of nitrogens with zero attached hydrogens (tertiary/aromatic N) is 2. The smallest absolute Gasteiger partial charge is 0.196 e. The fraction of sp³-hybridized carbons (Fsp3) is 0. The molecule has 21 heavy (non-hydrogen) atoms. The monoisotopic (exact) mass is 276 g/mol. The molecule has 0 amide bonds. The minimum absolute atomic E-state index is 0.142. The molecule has 1 aromatic heterocycles. The quantitative estimate of drug-likeness (QED) is 0.673. The molecule has 0 saturated carbocycles. The Morgan fingerprint density at radius 2 is 1.86 bits per heavy atom. The highest BCUT2D eigenvalue weighted by Crippen LogP contribution is 2.20.